The molecule has 0 aliphatic carbocycles. The summed E-state index contributed by atoms with van der Waals surface area (Å²) >= 11 is 1.53. The van der Waals surface area contributed by atoms with Crippen LogP contribution >= 0.6 is 11.3 Å². The first kappa shape index (κ1) is 14.0. The number of unbranched alkanes of at least 4 members (excludes halogenated alkanes) is 1. The molecule has 1 unspecified atom stereocenters. The summed E-state index contributed by atoms with van der Waals surface area (Å²) in [6, 6.07) is 0.423. The van der Waals surface area contributed by atoms with E-state index >= 15 is 0 Å². The first-order chi connectivity index (χ1) is 8.15. The average molecular weight is 256 g/mol. The number of carbonyl (C=O) groups is 1. The van der Waals surface area contributed by atoms with Gasteiger partial charge in [0.05, 0.1) is 19.2 Å². The zero-order chi connectivity index (χ0) is 12.7. The number of rotatable bonds is 7. The van der Waals surface area contributed by atoms with E-state index in [2.05, 4.69) is 28.9 Å². The number of carbonyl (C=O) groups excluding carboxylic acids is 1. The monoisotopic (exact) mass is 256 g/mol. The number of aromatic nitrogens is 1. The highest BCUT2D eigenvalue weighted by atomic mass is 32.1. The SMILES string of the molecule is CCCCC(C)Nc1nc(CC(=O)OC)cs1. The van der Waals surface area contributed by atoms with Gasteiger partial charge in [0.2, 0.25) is 0 Å². The summed E-state index contributed by atoms with van der Waals surface area (Å²) in [5.74, 6) is -0.249. The van der Waals surface area contributed by atoms with E-state index in [1.165, 1.54) is 31.3 Å². The number of nitrogens with zero attached hydrogens (tertiary/aromatic N) is 1. The van der Waals surface area contributed by atoms with Crippen molar-refractivity contribution in [1.29, 1.82) is 0 Å². The van der Waals surface area contributed by atoms with Gasteiger partial charge in [0.25, 0.3) is 0 Å². The Labute approximate surface area is 106 Å². The Balaban J connectivity index is 2.42. The van der Waals surface area contributed by atoms with Crippen molar-refractivity contribution in [1.82, 2.24) is 4.98 Å². The van der Waals surface area contributed by atoms with Crippen molar-refractivity contribution in [2.24, 2.45) is 0 Å². The van der Waals surface area contributed by atoms with Gasteiger partial charge in [-0.15, -0.1) is 11.3 Å². The Kier molecular flexibility index (Phi) is 5.97. The van der Waals surface area contributed by atoms with Gasteiger partial charge < -0.3 is 10.1 Å². The van der Waals surface area contributed by atoms with Crippen LogP contribution in [-0.2, 0) is 16.0 Å². The molecule has 0 aromatic carbocycles. The van der Waals surface area contributed by atoms with Crippen LogP contribution in [0.3, 0.4) is 0 Å². The van der Waals surface area contributed by atoms with Crippen molar-refractivity contribution in [3.05, 3.63) is 11.1 Å². The number of anilines is 1. The van der Waals surface area contributed by atoms with E-state index in [0.717, 1.165) is 17.2 Å². The third kappa shape index (κ3) is 5.17. The normalized spacial score (nSPS) is 12.2. The molecule has 0 amide bonds. The van der Waals surface area contributed by atoms with Crippen LogP contribution in [0.1, 0.15) is 38.8 Å². The molecule has 1 atom stereocenters. The van der Waals surface area contributed by atoms with Gasteiger partial charge in [-0.2, -0.15) is 0 Å². The highest BCUT2D eigenvalue weighted by Gasteiger charge is 2.09. The summed E-state index contributed by atoms with van der Waals surface area (Å²) in [5.41, 5.74) is 0.770. The van der Waals surface area contributed by atoms with Crippen LogP contribution in [0.4, 0.5) is 5.13 Å². The highest BCUT2D eigenvalue weighted by molar-refractivity contribution is 7.13. The number of nitrogens with one attached hydrogen (secondary N) is 1. The maximum atomic E-state index is 11.1. The molecular formula is C12H20N2O2S. The Morgan fingerprint density at radius 3 is 3.06 bits per heavy atom. The van der Waals surface area contributed by atoms with E-state index < -0.39 is 0 Å². The fourth-order valence-electron chi connectivity index (χ4n) is 1.47. The molecular weight excluding hydrogens is 236 g/mol. The molecule has 96 valence electrons. The topological polar surface area (TPSA) is 51.2 Å². The Morgan fingerprint density at radius 1 is 1.65 bits per heavy atom. The predicted molar refractivity (Wildman–Crippen MR) is 70.4 cm³/mol. The summed E-state index contributed by atoms with van der Waals surface area (Å²) < 4.78 is 4.60. The number of ether oxygens (including phenoxy) is 1. The Morgan fingerprint density at radius 2 is 2.41 bits per heavy atom. The van der Waals surface area contributed by atoms with E-state index in [1.54, 1.807) is 0 Å². The molecule has 0 spiro atoms. The number of methoxy groups -OCH3 is 1. The molecule has 5 heteroatoms. The molecule has 0 aliphatic heterocycles. The lowest BCUT2D eigenvalue weighted by Gasteiger charge is -2.11. The molecule has 0 saturated carbocycles. The zero-order valence-electron chi connectivity index (χ0n) is 10.7. The third-order valence-electron chi connectivity index (χ3n) is 2.47. The van der Waals surface area contributed by atoms with E-state index in [0.29, 0.717) is 6.04 Å². The molecule has 17 heavy (non-hydrogen) atoms. The molecule has 4 nitrogen and oxygen atoms in total. The van der Waals surface area contributed by atoms with E-state index in [4.69, 9.17) is 0 Å². The fraction of sp³-hybridized carbons (Fsp3) is 0.667. The predicted octanol–water partition coefficient (Wildman–Crippen LogP) is 2.85. The van der Waals surface area contributed by atoms with E-state index in [9.17, 15) is 4.79 Å². The third-order valence-corrected chi connectivity index (χ3v) is 3.29. The summed E-state index contributed by atoms with van der Waals surface area (Å²) in [4.78, 5) is 15.4. The maximum absolute atomic E-state index is 11.1. The van der Waals surface area contributed by atoms with Gasteiger partial charge in [-0.05, 0) is 13.3 Å². The second-order valence-corrected chi connectivity index (χ2v) is 4.94. The van der Waals surface area contributed by atoms with Crippen molar-refractivity contribution in [2.75, 3.05) is 12.4 Å². The number of hydrogen-bond donors (Lipinski definition) is 1. The van der Waals surface area contributed by atoms with Crippen LogP contribution in [0.2, 0.25) is 0 Å². The van der Waals surface area contributed by atoms with Crippen molar-refractivity contribution >= 4 is 22.4 Å². The fourth-order valence-corrected chi connectivity index (χ4v) is 2.29. The van der Waals surface area contributed by atoms with Gasteiger partial charge in [-0.25, -0.2) is 4.98 Å². The van der Waals surface area contributed by atoms with Crippen molar-refractivity contribution in [2.45, 2.75) is 45.6 Å². The van der Waals surface area contributed by atoms with E-state index in [1.807, 2.05) is 5.38 Å². The molecule has 1 rings (SSSR count). The second kappa shape index (κ2) is 7.27. The maximum Gasteiger partial charge on any atom is 0.311 e. The van der Waals surface area contributed by atoms with Gasteiger partial charge in [-0.1, -0.05) is 19.8 Å². The molecule has 1 heterocycles. The Bertz CT molecular complexity index is 352. The van der Waals surface area contributed by atoms with Gasteiger partial charge in [0.15, 0.2) is 5.13 Å². The minimum absolute atomic E-state index is 0.248. The summed E-state index contributed by atoms with van der Waals surface area (Å²) in [5, 5.41) is 6.12. The summed E-state index contributed by atoms with van der Waals surface area (Å²) in [6.07, 6.45) is 3.81. The number of hydrogen-bond acceptors (Lipinski definition) is 5. The van der Waals surface area contributed by atoms with Crippen molar-refractivity contribution < 1.29 is 9.53 Å². The smallest absolute Gasteiger partial charge is 0.311 e. The lowest BCUT2D eigenvalue weighted by atomic mass is 10.1. The highest BCUT2D eigenvalue weighted by Crippen LogP contribution is 2.18. The first-order valence-electron chi connectivity index (χ1n) is 5.93. The number of thiazole rings is 1. The lowest BCUT2D eigenvalue weighted by molar-refractivity contribution is -0.139. The van der Waals surface area contributed by atoms with Crippen LogP contribution in [-0.4, -0.2) is 24.1 Å². The molecule has 1 N–H and O–H groups in total. The van der Waals surface area contributed by atoms with Crippen LogP contribution < -0.4 is 5.32 Å². The quantitative estimate of drug-likeness (QED) is 0.762. The molecule has 0 aliphatic rings. The average Bonchev–Trinajstić information content (AvgIpc) is 2.73. The number of esters is 1. The first-order valence-corrected chi connectivity index (χ1v) is 6.81. The zero-order valence-corrected chi connectivity index (χ0v) is 11.5. The van der Waals surface area contributed by atoms with Crippen LogP contribution in [0.5, 0.6) is 0 Å². The van der Waals surface area contributed by atoms with Crippen LogP contribution in [0, 0.1) is 0 Å². The van der Waals surface area contributed by atoms with Crippen LogP contribution in [0.25, 0.3) is 0 Å². The van der Waals surface area contributed by atoms with Crippen molar-refractivity contribution in [3.8, 4) is 0 Å². The summed E-state index contributed by atoms with van der Waals surface area (Å²) in [6.45, 7) is 4.33. The van der Waals surface area contributed by atoms with Gasteiger partial charge in [-0.3, -0.25) is 4.79 Å². The van der Waals surface area contributed by atoms with Gasteiger partial charge in [0, 0.05) is 11.4 Å². The molecule has 1 aromatic heterocycles. The Hall–Kier alpha value is -1.10. The van der Waals surface area contributed by atoms with Gasteiger partial charge in [0.1, 0.15) is 0 Å². The molecule has 1 aromatic rings. The molecule has 0 bridgehead atoms. The minimum Gasteiger partial charge on any atom is -0.469 e. The molecule has 0 saturated heterocycles. The minimum atomic E-state index is -0.249. The standard InChI is InChI=1S/C12H20N2O2S/c1-4-5-6-9(2)13-12-14-10(8-17-12)7-11(15)16-3/h8-9H,4-7H2,1-3H3,(H,13,14). The van der Waals surface area contributed by atoms with Crippen LogP contribution in [0.15, 0.2) is 5.38 Å². The van der Waals surface area contributed by atoms with Gasteiger partial charge >= 0.3 is 5.97 Å². The summed E-state index contributed by atoms with van der Waals surface area (Å²) in [7, 11) is 1.39. The largest absolute Gasteiger partial charge is 0.469 e. The van der Waals surface area contributed by atoms with Crippen molar-refractivity contribution in [3.63, 3.8) is 0 Å². The molecule has 0 radical (unpaired) electrons. The lowest BCUT2D eigenvalue weighted by Crippen LogP contribution is -2.14. The second-order valence-electron chi connectivity index (χ2n) is 4.08. The molecule has 0 fully saturated rings. The van der Waals surface area contributed by atoms with E-state index in [-0.39, 0.29) is 12.4 Å².